The number of Topliss-reactive ketones (excluding diaryl/α,β-unsaturated/α-hetero) is 2. The predicted molar refractivity (Wildman–Crippen MR) is 212 cm³/mol. The van der Waals surface area contributed by atoms with E-state index < -0.39 is 16.1 Å². The van der Waals surface area contributed by atoms with Crippen LogP contribution in [0.1, 0.15) is 76.2 Å². The van der Waals surface area contributed by atoms with Gasteiger partial charge >= 0.3 is 0 Å². The molecule has 0 saturated carbocycles. The van der Waals surface area contributed by atoms with E-state index >= 15 is 0 Å². The maximum absolute atomic E-state index is 13.9. The van der Waals surface area contributed by atoms with Crippen molar-refractivity contribution >= 4 is 72.0 Å². The number of allylic oxidation sites excluding steroid dienone is 1. The molecule has 0 atom stereocenters. The number of anilines is 3. The Bertz CT molecular complexity index is 2190. The third-order valence-corrected chi connectivity index (χ3v) is 15.5. The quantitative estimate of drug-likeness (QED) is 0.109. The number of carbonyl (C=O) groups is 2. The largest absolute Gasteiger partial charge is 0.309 e. The summed E-state index contributed by atoms with van der Waals surface area (Å²) < 4.78 is 0. The molecular weight excluding hydrogens is 631 g/mol. The normalized spacial score (nSPS) is 17.1. The van der Waals surface area contributed by atoms with E-state index in [1.54, 1.807) is 0 Å². The summed E-state index contributed by atoms with van der Waals surface area (Å²) in [6.07, 6.45) is 1.87. The van der Waals surface area contributed by atoms with Crippen LogP contribution in [-0.2, 0) is 10.8 Å². The van der Waals surface area contributed by atoms with Crippen LogP contribution in [0.4, 0.5) is 17.1 Å². The molecule has 5 aromatic carbocycles. The molecule has 0 aromatic heterocycles. The molecule has 0 N–H and O–H groups in total. The summed E-state index contributed by atoms with van der Waals surface area (Å²) in [6, 6.07) is 30.6. The van der Waals surface area contributed by atoms with Gasteiger partial charge in [-0.3, -0.25) is 9.59 Å². The molecule has 5 heteroatoms. The maximum Gasteiger partial charge on any atom is 0.197 e. The van der Waals surface area contributed by atoms with Gasteiger partial charge in [-0.15, -0.1) is 0 Å². The van der Waals surface area contributed by atoms with Gasteiger partial charge in [0.1, 0.15) is 0 Å². The average Bonchev–Trinajstić information content (AvgIpc) is 3.26. The topological polar surface area (TPSA) is 37.4 Å². The summed E-state index contributed by atoms with van der Waals surface area (Å²) in [4.78, 5) is 30.3. The lowest BCUT2D eigenvalue weighted by atomic mass is 9.66. The van der Waals surface area contributed by atoms with Crippen LogP contribution in [0.2, 0.25) is 39.3 Å². The highest BCUT2D eigenvalue weighted by molar-refractivity contribution is 6.89. The Morgan fingerprint density at radius 3 is 1.39 bits per heavy atom. The second-order valence-corrected chi connectivity index (χ2v) is 27.6. The third kappa shape index (κ3) is 4.58. The summed E-state index contributed by atoms with van der Waals surface area (Å²) in [5, 5.41) is 4.83. The second-order valence-electron chi connectivity index (χ2n) is 17.5. The van der Waals surface area contributed by atoms with Crippen molar-refractivity contribution < 1.29 is 9.59 Å². The first-order chi connectivity index (χ1) is 22.9. The molecule has 2 heterocycles. The molecule has 0 unspecified atom stereocenters. The van der Waals surface area contributed by atoms with Crippen LogP contribution in [0.15, 0.2) is 90.5 Å². The molecular formula is C44H45NO2Si2. The van der Waals surface area contributed by atoms with Crippen molar-refractivity contribution in [1.82, 2.24) is 0 Å². The number of hydrogen-bond acceptors (Lipinski definition) is 3. The Balaban J connectivity index is 1.39. The molecule has 0 bridgehead atoms. The Kier molecular flexibility index (Phi) is 6.59. The summed E-state index contributed by atoms with van der Waals surface area (Å²) in [6.45, 7) is 23.8. The SMILES string of the molecule is CC1(C)c2cc([Si](C)(C)C)ccc2N2c3ccc([Si](C)(C)C)cc3C(C)(C)c3cc(C=C4C(=O)c5cc6ccccc6cc5C4=O)cc1c32. The number of nitrogens with zero attached hydrogens (tertiary/aromatic N) is 1. The van der Waals surface area contributed by atoms with E-state index in [1.807, 2.05) is 42.5 Å². The minimum atomic E-state index is -1.60. The van der Waals surface area contributed by atoms with Crippen LogP contribution in [0.3, 0.4) is 0 Å². The van der Waals surface area contributed by atoms with E-state index in [1.165, 1.54) is 49.7 Å². The number of hydrogen-bond donors (Lipinski definition) is 0. The van der Waals surface area contributed by atoms with E-state index in [2.05, 4.69) is 120 Å². The van der Waals surface area contributed by atoms with E-state index in [0.29, 0.717) is 11.1 Å². The maximum atomic E-state index is 13.9. The van der Waals surface area contributed by atoms with Crippen LogP contribution >= 0.6 is 0 Å². The van der Waals surface area contributed by atoms with Gasteiger partial charge in [-0.1, -0.05) is 126 Å². The third-order valence-electron chi connectivity index (χ3n) is 11.4. The van der Waals surface area contributed by atoms with Crippen molar-refractivity contribution in [2.45, 2.75) is 77.8 Å². The molecule has 0 amide bonds. The molecule has 0 fully saturated rings. The number of carbonyl (C=O) groups excluding carboxylic acids is 2. The van der Waals surface area contributed by atoms with Crippen LogP contribution in [0.25, 0.3) is 16.8 Å². The van der Waals surface area contributed by atoms with Crippen LogP contribution in [-0.4, -0.2) is 27.7 Å². The van der Waals surface area contributed by atoms with Gasteiger partial charge in [0.2, 0.25) is 0 Å². The number of benzene rings is 5. The Labute approximate surface area is 292 Å². The summed E-state index contributed by atoms with van der Waals surface area (Å²) >= 11 is 0. The molecule has 2 aliphatic heterocycles. The summed E-state index contributed by atoms with van der Waals surface area (Å²) in [5.41, 5.74) is 10.4. The Morgan fingerprint density at radius 2 is 0.980 bits per heavy atom. The summed E-state index contributed by atoms with van der Waals surface area (Å²) in [5.74, 6) is -0.375. The fraction of sp³-hybridized carbons (Fsp3) is 0.273. The van der Waals surface area contributed by atoms with Crippen LogP contribution in [0.5, 0.6) is 0 Å². The Hall–Kier alpha value is -4.33. The average molecular weight is 676 g/mol. The fourth-order valence-corrected chi connectivity index (χ4v) is 10.6. The highest BCUT2D eigenvalue weighted by atomic mass is 28.3. The van der Waals surface area contributed by atoms with Crippen molar-refractivity contribution in [3.05, 3.63) is 129 Å². The highest BCUT2D eigenvalue weighted by Crippen LogP contribution is 2.60. The molecule has 3 aliphatic rings. The van der Waals surface area contributed by atoms with E-state index in [9.17, 15) is 9.59 Å². The predicted octanol–water partition coefficient (Wildman–Crippen LogP) is 10.1. The monoisotopic (exact) mass is 675 g/mol. The Morgan fingerprint density at radius 1 is 0.551 bits per heavy atom. The zero-order chi connectivity index (χ0) is 35.0. The smallest absolute Gasteiger partial charge is 0.197 e. The van der Waals surface area contributed by atoms with Gasteiger partial charge in [-0.25, -0.2) is 0 Å². The van der Waals surface area contributed by atoms with Gasteiger partial charge in [0.05, 0.1) is 38.8 Å². The van der Waals surface area contributed by atoms with Gasteiger partial charge < -0.3 is 4.90 Å². The molecule has 5 aromatic rings. The van der Waals surface area contributed by atoms with Crippen molar-refractivity contribution in [2.24, 2.45) is 0 Å². The van der Waals surface area contributed by atoms with Crippen molar-refractivity contribution in [3.63, 3.8) is 0 Å². The lowest BCUT2D eigenvalue weighted by molar-refractivity contribution is 0.0990. The zero-order valence-electron chi connectivity index (χ0n) is 30.4. The molecule has 0 radical (unpaired) electrons. The van der Waals surface area contributed by atoms with Gasteiger partial charge in [0.15, 0.2) is 11.6 Å². The number of ketones is 2. The first-order valence-electron chi connectivity index (χ1n) is 17.5. The lowest BCUT2D eigenvalue weighted by Crippen LogP contribution is -2.43. The van der Waals surface area contributed by atoms with Gasteiger partial charge in [-0.05, 0) is 81.1 Å². The molecule has 0 saturated heterocycles. The minimum absolute atomic E-state index is 0.187. The molecule has 3 nitrogen and oxygen atoms in total. The standard InChI is InChI=1S/C44H45NO2Si2/c1-43(2)34-24-29(48(5,6)7)15-17-38(34)45-39-18-16-30(49(8,9)10)25-35(39)44(3,4)37-21-26(20-36(43)40(37)45)19-33-41(46)31-22-27-13-11-12-14-28(27)23-32(31)42(33)47/h11-25H,1-10H3. The fourth-order valence-electron chi connectivity index (χ4n) is 8.30. The van der Waals surface area contributed by atoms with Crippen LogP contribution in [0, 0.1) is 0 Å². The summed E-state index contributed by atoms with van der Waals surface area (Å²) in [7, 11) is -3.20. The minimum Gasteiger partial charge on any atom is -0.309 e. The van der Waals surface area contributed by atoms with E-state index in [-0.39, 0.29) is 28.0 Å². The number of rotatable bonds is 3. The van der Waals surface area contributed by atoms with Gasteiger partial charge in [0.25, 0.3) is 0 Å². The molecule has 246 valence electrons. The number of fused-ring (bicyclic) bond motifs is 6. The van der Waals surface area contributed by atoms with Crippen molar-refractivity contribution in [3.8, 4) is 0 Å². The molecule has 1 aliphatic carbocycles. The highest BCUT2D eigenvalue weighted by Gasteiger charge is 2.46. The molecule has 49 heavy (non-hydrogen) atoms. The van der Waals surface area contributed by atoms with Crippen molar-refractivity contribution in [1.29, 1.82) is 0 Å². The van der Waals surface area contributed by atoms with E-state index in [0.717, 1.165) is 16.3 Å². The first kappa shape index (κ1) is 31.9. The van der Waals surface area contributed by atoms with Crippen molar-refractivity contribution in [2.75, 3.05) is 4.90 Å². The van der Waals surface area contributed by atoms with Crippen LogP contribution < -0.4 is 15.3 Å². The molecule has 0 spiro atoms. The zero-order valence-corrected chi connectivity index (χ0v) is 32.4. The van der Waals surface area contributed by atoms with Gasteiger partial charge in [-0.2, -0.15) is 0 Å². The first-order valence-corrected chi connectivity index (χ1v) is 24.5. The van der Waals surface area contributed by atoms with Gasteiger partial charge in [0, 0.05) is 22.0 Å². The molecule has 8 rings (SSSR count). The van der Waals surface area contributed by atoms with E-state index in [4.69, 9.17) is 0 Å². The lowest BCUT2D eigenvalue weighted by Gasteiger charge is -2.50. The second kappa shape index (κ2) is 10.1.